The molecule has 0 spiro atoms. The molecule has 8 nitrogen and oxygen atoms in total. The van der Waals surface area contributed by atoms with Gasteiger partial charge in [0.2, 0.25) is 0 Å². The summed E-state index contributed by atoms with van der Waals surface area (Å²) < 4.78 is 10.8. The van der Waals surface area contributed by atoms with Gasteiger partial charge in [0.15, 0.2) is 5.58 Å². The van der Waals surface area contributed by atoms with Gasteiger partial charge in [0.1, 0.15) is 5.52 Å². The largest absolute Gasteiger partial charge is 0.423 e. The molecule has 3 rings (SSSR count). The van der Waals surface area contributed by atoms with E-state index in [1.807, 2.05) is 0 Å². The number of ether oxygens (including phenoxy) is 1. The molecule has 1 fully saturated rings. The van der Waals surface area contributed by atoms with Crippen molar-refractivity contribution in [3.63, 3.8) is 0 Å². The van der Waals surface area contributed by atoms with E-state index in [9.17, 15) is 15.2 Å². The van der Waals surface area contributed by atoms with E-state index in [1.165, 1.54) is 18.2 Å². The average molecular weight is 293 g/mol. The number of rotatable bonds is 4. The van der Waals surface area contributed by atoms with Gasteiger partial charge in [-0.25, -0.2) is 0 Å². The maximum absolute atomic E-state index is 10.7. The zero-order chi connectivity index (χ0) is 14.9. The predicted molar refractivity (Wildman–Crippen MR) is 74.2 cm³/mol. The number of oxazole rings is 1. The van der Waals surface area contributed by atoms with E-state index in [4.69, 9.17) is 9.15 Å². The van der Waals surface area contributed by atoms with Crippen molar-refractivity contribution in [1.82, 2.24) is 4.98 Å². The molecule has 1 aliphatic heterocycles. The molecule has 0 radical (unpaired) electrons. The van der Waals surface area contributed by atoms with Gasteiger partial charge in [-0.15, -0.1) is 0 Å². The zero-order valence-electron chi connectivity index (χ0n) is 11.2. The van der Waals surface area contributed by atoms with Crippen LogP contribution in [0.1, 0.15) is 12.8 Å². The number of nitro benzene ring substituents is 1. The number of benzene rings is 1. The number of nitrogens with zero attached hydrogens (tertiary/aromatic N) is 2. The first-order valence-corrected chi connectivity index (χ1v) is 6.64. The molecule has 0 unspecified atom stereocenters. The molecule has 0 bridgehead atoms. The van der Waals surface area contributed by atoms with Crippen LogP contribution < -0.4 is 5.32 Å². The van der Waals surface area contributed by atoms with Gasteiger partial charge in [0, 0.05) is 19.3 Å². The first-order valence-electron chi connectivity index (χ1n) is 6.64. The third-order valence-corrected chi connectivity index (χ3v) is 3.71. The van der Waals surface area contributed by atoms with E-state index in [0.717, 1.165) is 0 Å². The highest BCUT2D eigenvalue weighted by Crippen LogP contribution is 2.28. The minimum absolute atomic E-state index is 0.0480. The first-order chi connectivity index (χ1) is 10.1. The number of fused-ring (bicyclic) bond motifs is 1. The van der Waals surface area contributed by atoms with Crippen LogP contribution in [0, 0.1) is 10.1 Å². The molecule has 1 aromatic carbocycles. The minimum atomic E-state index is -0.523. The molecule has 1 aromatic heterocycles. The summed E-state index contributed by atoms with van der Waals surface area (Å²) in [6.45, 7) is 1.05. The van der Waals surface area contributed by atoms with Crippen LogP contribution in [-0.2, 0) is 4.74 Å². The highest BCUT2D eigenvalue weighted by molar-refractivity contribution is 5.77. The predicted octanol–water partition coefficient (Wildman–Crippen LogP) is 1.69. The van der Waals surface area contributed by atoms with Crippen LogP contribution in [0.5, 0.6) is 0 Å². The van der Waals surface area contributed by atoms with E-state index in [1.54, 1.807) is 0 Å². The molecule has 2 aromatic rings. The molecular weight excluding hydrogens is 278 g/mol. The Bertz CT molecular complexity index is 663. The van der Waals surface area contributed by atoms with E-state index >= 15 is 0 Å². The molecule has 2 N–H and O–H groups in total. The summed E-state index contributed by atoms with van der Waals surface area (Å²) in [6, 6.07) is 4.51. The molecule has 0 amide bonds. The number of nitrogens with one attached hydrogen (secondary N) is 1. The Morgan fingerprint density at radius 3 is 2.86 bits per heavy atom. The van der Waals surface area contributed by atoms with Crippen molar-refractivity contribution in [3.8, 4) is 0 Å². The van der Waals surface area contributed by atoms with E-state index in [-0.39, 0.29) is 18.3 Å². The number of hydrogen-bond acceptors (Lipinski definition) is 7. The molecule has 8 heteroatoms. The monoisotopic (exact) mass is 293 g/mol. The molecule has 21 heavy (non-hydrogen) atoms. The normalized spacial score (nSPS) is 17.8. The summed E-state index contributed by atoms with van der Waals surface area (Å²) in [4.78, 5) is 14.5. The van der Waals surface area contributed by atoms with Crippen molar-refractivity contribution < 1.29 is 19.2 Å². The lowest BCUT2D eigenvalue weighted by Crippen LogP contribution is -2.47. The first kappa shape index (κ1) is 13.8. The molecular formula is C13H15N3O5. The van der Waals surface area contributed by atoms with Crippen molar-refractivity contribution >= 4 is 22.8 Å². The number of hydrogen-bond donors (Lipinski definition) is 2. The second-order valence-electron chi connectivity index (χ2n) is 5.10. The fourth-order valence-corrected chi connectivity index (χ4v) is 2.39. The van der Waals surface area contributed by atoms with Gasteiger partial charge in [-0.1, -0.05) is 0 Å². The molecule has 1 saturated heterocycles. The summed E-state index contributed by atoms with van der Waals surface area (Å²) in [5.74, 6) is 0. The number of non-ortho nitro benzene ring substituents is 1. The second kappa shape index (κ2) is 5.30. The number of aromatic nitrogens is 1. The van der Waals surface area contributed by atoms with Gasteiger partial charge in [-0.2, -0.15) is 4.98 Å². The third-order valence-electron chi connectivity index (χ3n) is 3.71. The van der Waals surface area contributed by atoms with Gasteiger partial charge in [0.25, 0.3) is 11.7 Å². The van der Waals surface area contributed by atoms with Gasteiger partial charge < -0.3 is 19.6 Å². The summed E-state index contributed by atoms with van der Waals surface area (Å²) >= 11 is 0. The van der Waals surface area contributed by atoms with Gasteiger partial charge in [0.05, 0.1) is 23.1 Å². The third kappa shape index (κ3) is 2.67. The van der Waals surface area contributed by atoms with Crippen LogP contribution in [0.15, 0.2) is 22.6 Å². The van der Waals surface area contributed by atoms with Crippen molar-refractivity contribution in [3.05, 3.63) is 28.3 Å². The zero-order valence-corrected chi connectivity index (χ0v) is 11.2. The Labute approximate surface area is 119 Å². The number of anilines is 1. The molecule has 112 valence electrons. The van der Waals surface area contributed by atoms with Crippen LogP contribution in [-0.4, -0.2) is 40.4 Å². The van der Waals surface area contributed by atoms with Crippen LogP contribution in [0.4, 0.5) is 11.7 Å². The fraction of sp³-hybridized carbons (Fsp3) is 0.462. The smallest absolute Gasteiger partial charge is 0.296 e. The molecule has 0 atom stereocenters. The molecule has 1 aliphatic rings. The lowest BCUT2D eigenvalue weighted by Gasteiger charge is -2.35. The highest BCUT2D eigenvalue weighted by Gasteiger charge is 2.33. The Morgan fingerprint density at radius 1 is 1.43 bits per heavy atom. The van der Waals surface area contributed by atoms with Crippen molar-refractivity contribution in [1.29, 1.82) is 0 Å². The summed E-state index contributed by atoms with van der Waals surface area (Å²) in [7, 11) is 0. The lowest BCUT2D eigenvalue weighted by molar-refractivity contribution is -0.384. The quantitative estimate of drug-likeness (QED) is 0.651. The molecule has 0 saturated carbocycles. The van der Waals surface area contributed by atoms with E-state index in [0.29, 0.717) is 37.2 Å². The standard InChI is InChI=1S/C13H15N3O5/c17-8-13(3-5-20-6-4-13)15-12-14-10-2-1-9(16(18)19)7-11(10)21-12/h1-2,7,17H,3-6,8H2,(H,14,15). The Hall–Kier alpha value is -2.19. The van der Waals surface area contributed by atoms with E-state index < -0.39 is 10.5 Å². The molecule has 2 heterocycles. The Kier molecular flexibility index (Phi) is 3.48. The summed E-state index contributed by atoms with van der Waals surface area (Å²) in [5.41, 5.74) is 0.300. The van der Waals surface area contributed by atoms with Crippen molar-refractivity contribution in [2.24, 2.45) is 0 Å². The highest BCUT2D eigenvalue weighted by atomic mass is 16.6. The van der Waals surface area contributed by atoms with E-state index in [2.05, 4.69) is 10.3 Å². The number of nitro groups is 1. The second-order valence-corrected chi connectivity index (χ2v) is 5.10. The van der Waals surface area contributed by atoms with Crippen molar-refractivity contribution in [2.75, 3.05) is 25.1 Å². The number of aliphatic hydroxyl groups is 1. The SMILES string of the molecule is O=[N+]([O-])c1ccc2nc(NC3(CO)CCOCC3)oc2c1. The maximum atomic E-state index is 10.7. The Balaban J connectivity index is 1.88. The van der Waals surface area contributed by atoms with Crippen LogP contribution >= 0.6 is 0 Å². The summed E-state index contributed by atoms with van der Waals surface area (Å²) in [6.07, 6.45) is 1.28. The summed E-state index contributed by atoms with van der Waals surface area (Å²) in [5, 5.41) is 23.5. The lowest BCUT2D eigenvalue weighted by atomic mass is 9.91. The van der Waals surface area contributed by atoms with Gasteiger partial charge >= 0.3 is 0 Å². The van der Waals surface area contributed by atoms with Crippen LogP contribution in [0.25, 0.3) is 11.1 Å². The molecule has 0 aliphatic carbocycles. The number of aliphatic hydroxyl groups excluding tert-OH is 1. The maximum Gasteiger partial charge on any atom is 0.296 e. The topological polar surface area (TPSA) is 111 Å². The van der Waals surface area contributed by atoms with Crippen molar-refractivity contribution in [2.45, 2.75) is 18.4 Å². The fourth-order valence-electron chi connectivity index (χ4n) is 2.39. The van der Waals surface area contributed by atoms with Gasteiger partial charge in [-0.3, -0.25) is 10.1 Å². The van der Waals surface area contributed by atoms with Crippen LogP contribution in [0.3, 0.4) is 0 Å². The van der Waals surface area contributed by atoms with Gasteiger partial charge in [-0.05, 0) is 18.9 Å². The Morgan fingerprint density at radius 2 is 2.19 bits per heavy atom. The van der Waals surface area contributed by atoms with Crippen LogP contribution in [0.2, 0.25) is 0 Å². The average Bonchev–Trinajstić information content (AvgIpc) is 2.89. The minimum Gasteiger partial charge on any atom is -0.423 e.